The molecule has 0 bridgehead atoms. The fourth-order valence-corrected chi connectivity index (χ4v) is 3.10. The predicted molar refractivity (Wildman–Crippen MR) is 95.5 cm³/mol. The molecule has 0 aliphatic rings. The normalized spacial score (nSPS) is 12.0. The van der Waals surface area contributed by atoms with Gasteiger partial charge in [0, 0.05) is 19.0 Å². The third kappa shape index (κ3) is 5.36. The largest absolute Gasteiger partial charge is 0.368 e. The molecule has 0 saturated carbocycles. The quantitative estimate of drug-likeness (QED) is 0.779. The Bertz CT molecular complexity index is 647. The van der Waals surface area contributed by atoms with E-state index >= 15 is 0 Å². The molecular weight excluding hydrogens is 332 g/mol. The van der Waals surface area contributed by atoms with Gasteiger partial charge in [-0.05, 0) is 18.4 Å². The molecule has 0 saturated heterocycles. The number of nitrogens with one attached hydrogen (secondary N) is 1. The number of nitrogens with zero attached hydrogens (tertiary/aromatic N) is 4. The Morgan fingerprint density at radius 2 is 2.22 bits per heavy atom. The highest BCUT2D eigenvalue weighted by molar-refractivity contribution is 7.99. The summed E-state index contributed by atoms with van der Waals surface area (Å²) in [5.41, 5.74) is 5.69. The van der Waals surface area contributed by atoms with Crippen LogP contribution in [0.3, 0.4) is 0 Å². The van der Waals surface area contributed by atoms with Crippen molar-refractivity contribution in [2.45, 2.75) is 24.5 Å². The van der Waals surface area contributed by atoms with Crippen molar-refractivity contribution in [1.82, 2.24) is 20.3 Å². The molecule has 1 amide bonds. The Morgan fingerprint density at radius 1 is 1.43 bits per heavy atom. The fraction of sp³-hybridized carbons (Fsp3) is 0.429. The van der Waals surface area contributed by atoms with Crippen LogP contribution in [0.4, 0.5) is 11.9 Å². The minimum absolute atomic E-state index is 0.00161. The summed E-state index contributed by atoms with van der Waals surface area (Å²) in [5, 5.41) is 4.72. The van der Waals surface area contributed by atoms with Gasteiger partial charge in [-0.15, -0.1) is 23.1 Å². The van der Waals surface area contributed by atoms with E-state index < -0.39 is 0 Å². The van der Waals surface area contributed by atoms with E-state index in [9.17, 15) is 4.79 Å². The molecule has 3 N–H and O–H groups in total. The summed E-state index contributed by atoms with van der Waals surface area (Å²) < 4.78 is 0. The van der Waals surface area contributed by atoms with Gasteiger partial charge in [-0.25, -0.2) is 0 Å². The highest BCUT2D eigenvalue weighted by Crippen LogP contribution is 2.17. The zero-order valence-corrected chi connectivity index (χ0v) is 14.9. The molecule has 0 fully saturated rings. The van der Waals surface area contributed by atoms with Crippen molar-refractivity contribution in [3.8, 4) is 0 Å². The number of anilines is 2. The number of amides is 1. The summed E-state index contributed by atoms with van der Waals surface area (Å²) in [6, 6.07) is 3.97. The minimum atomic E-state index is -0.198. The molecule has 2 heterocycles. The lowest BCUT2D eigenvalue weighted by Crippen LogP contribution is -2.30. The number of hydrogen-bond acceptors (Lipinski definition) is 8. The average molecular weight is 352 g/mol. The Morgan fingerprint density at radius 3 is 2.87 bits per heavy atom. The first kappa shape index (κ1) is 17.5. The molecule has 2 aromatic rings. The van der Waals surface area contributed by atoms with Gasteiger partial charge in [-0.2, -0.15) is 15.0 Å². The zero-order valence-electron chi connectivity index (χ0n) is 13.3. The molecule has 7 nitrogen and oxygen atoms in total. The summed E-state index contributed by atoms with van der Waals surface area (Å²) in [5.74, 6) is 1.78. The number of hydrogen-bond donors (Lipinski definition) is 2. The van der Waals surface area contributed by atoms with Crippen LogP contribution in [0.15, 0.2) is 17.5 Å². The smallest absolute Gasteiger partial charge is 0.233 e. The zero-order chi connectivity index (χ0) is 16.8. The molecule has 23 heavy (non-hydrogen) atoms. The number of carbonyl (C=O) groups excluding carboxylic acids is 1. The second-order valence-corrected chi connectivity index (χ2v) is 7.42. The van der Waals surface area contributed by atoms with Crippen LogP contribution in [0, 0.1) is 0 Å². The summed E-state index contributed by atoms with van der Waals surface area (Å²) in [4.78, 5) is 27.5. The average Bonchev–Trinajstić information content (AvgIpc) is 3.03. The van der Waals surface area contributed by atoms with Crippen molar-refractivity contribution >= 4 is 40.9 Å². The van der Waals surface area contributed by atoms with Gasteiger partial charge in [-0.3, -0.25) is 4.79 Å². The van der Waals surface area contributed by atoms with Crippen LogP contribution in [-0.4, -0.2) is 40.2 Å². The fourth-order valence-electron chi connectivity index (χ4n) is 1.70. The summed E-state index contributed by atoms with van der Waals surface area (Å²) >= 11 is 3.09. The monoisotopic (exact) mass is 352 g/mol. The number of nitrogen functional groups attached to an aromatic ring is 1. The topological polar surface area (TPSA) is 97.0 Å². The van der Waals surface area contributed by atoms with Crippen molar-refractivity contribution in [1.29, 1.82) is 0 Å². The molecule has 2 aromatic heterocycles. The van der Waals surface area contributed by atoms with E-state index in [1.165, 1.54) is 11.8 Å². The van der Waals surface area contributed by atoms with E-state index in [0.29, 0.717) is 24.1 Å². The van der Waals surface area contributed by atoms with Crippen molar-refractivity contribution in [2.24, 2.45) is 0 Å². The lowest BCUT2D eigenvalue weighted by molar-refractivity contribution is -0.120. The Hall–Kier alpha value is -1.87. The van der Waals surface area contributed by atoms with Gasteiger partial charge in [0.2, 0.25) is 17.8 Å². The van der Waals surface area contributed by atoms with E-state index in [0.717, 1.165) is 4.88 Å². The minimum Gasteiger partial charge on any atom is -0.368 e. The molecule has 1 atom stereocenters. The van der Waals surface area contributed by atoms with Crippen LogP contribution in [0.1, 0.15) is 17.6 Å². The van der Waals surface area contributed by atoms with E-state index in [1.54, 1.807) is 16.2 Å². The first-order valence-corrected chi connectivity index (χ1v) is 8.98. The molecule has 0 unspecified atom stereocenters. The standard InChI is InChI=1S/C14H20N6OS2/c1-9(12(21)16-7-10-5-4-6-22-10)23-8-11-17-13(15)19-14(18-11)20(2)3/h4-6,9H,7-8H2,1-3H3,(H,16,21)(H2,15,17,18,19)/t9-/m1/s1. The third-order valence-corrected chi connectivity index (χ3v) is 4.95. The van der Waals surface area contributed by atoms with Gasteiger partial charge in [0.1, 0.15) is 5.82 Å². The molecule has 2 rings (SSSR count). The van der Waals surface area contributed by atoms with E-state index in [1.807, 2.05) is 38.5 Å². The molecule has 0 aliphatic heterocycles. The second kappa shape index (κ2) is 8.11. The second-order valence-electron chi connectivity index (χ2n) is 5.05. The van der Waals surface area contributed by atoms with Crippen molar-refractivity contribution in [3.63, 3.8) is 0 Å². The Labute approximate surface area is 143 Å². The number of aromatic nitrogens is 3. The van der Waals surface area contributed by atoms with Crippen molar-refractivity contribution in [3.05, 3.63) is 28.2 Å². The van der Waals surface area contributed by atoms with Crippen LogP contribution in [0.2, 0.25) is 0 Å². The summed E-state index contributed by atoms with van der Waals surface area (Å²) in [6.45, 7) is 2.43. The molecule has 124 valence electrons. The van der Waals surface area contributed by atoms with Gasteiger partial charge in [0.25, 0.3) is 0 Å². The van der Waals surface area contributed by atoms with Gasteiger partial charge >= 0.3 is 0 Å². The highest BCUT2D eigenvalue weighted by atomic mass is 32.2. The van der Waals surface area contributed by atoms with Gasteiger partial charge in [-0.1, -0.05) is 6.07 Å². The maximum absolute atomic E-state index is 12.1. The molecule has 0 spiro atoms. The Balaban J connectivity index is 1.85. The molecule has 0 radical (unpaired) electrons. The van der Waals surface area contributed by atoms with Crippen molar-refractivity contribution < 1.29 is 4.79 Å². The number of carbonyl (C=O) groups is 1. The van der Waals surface area contributed by atoms with Crippen LogP contribution in [0.25, 0.3) is 0 Å². The van der Waals surface area contributed by atoms with Crippen LogP contribution in [-0.2, 0) is 17.1 Å². The third-order valence-electron chi connectivity index (χ3n) is 2.94. The van der Waals surface area contributed by atoms with Crippen LogP contribution < -0.4 is 16.0 Å². The number of thioether (sulfide) groups is 1. The SMILES string of the molecule is C[C@@H](SCc1nc(N)nc(N(C)C)n1)C(=O)NCc1cccs1. The molecule has 0 aromatic carbocycles. The van der Waals surface area contributed by atoms with Crippen molar-refractivity contribution in [2.75, 3.05) is 24.7 Å². The first-order chi connectivity index (χ1) is 11.0. The molecular formula is C14H20N6OS2. The first-order valence-electron chi connectivity index (χ1n) is 7.05. The van der Waals surface area contributed by atoms with Crippen LogP contribution in [0.5, 0.6) is 0 Å². The lowest BCUT2D eigenvalue weighted by atomic mass is 10.4. The number of thiophene rings is 1. The van der Waals surface area contributed by atoms with Gasteiger partial charge < -0.3 is 16.0 Å². The van der Waals surface area contributed by atoms with Gasteiger partial charge in [0.15, 0.2) is 0 Å². The predicted octanol–water partition coefficient (Wildman–Crippen LogP) is 1.52. The lowest BCUT2D eigenvalue weighted by Gasteiger charge is -2.13. The molecule has 0 aliphatic carbocycles. The van der Waals surface area contributed by atoms with Crippen LogP contribution >= 0.6 is 23.1 Å². The summed E-state index contributed by atoms with van der Waals surface area (Å²) in [7, 11) is 3.68. The number of nitrogens with two attached hydrogens (primary N) is 1. The van der Waals surface area contributed by atoms with E-state index in [4.69, 9.17) is 5.73 Å². The highest BCUT2D eigenvalue weighted by Gasteiger charge is 2.15. The maximum Gasteiger partial charge on any atom is 0.233 e. The summed E-state index contributed by atoms with van der Waals surface area (Å²) in [6.07, 6.45) is 0. The van der Waals surface area contributed by atoms with E-state index in [2.05, 4.69) is 20.3 Å². The number of rotatable bonds is 7. The van der Waals surface area contributed by atoms with E-state index in [-0.39, 0.29) is 17.1 Å². The molecule has 9 heteroatoms. The van der Waals surface area contributed by atoms with Gasteiger partial charge in [0.05, 0.1) is 17.5 Å². The Kier molecular flexibility index (Phi) is 6.17. The maximum atomic E-state index is 12.1.